The lowest BCUT2D eigenvalue weighted by Crippen LogP contribution is -2.45. The van der Waals surface area contributed by atoms with Crippen LogP contribution >= 0.6 is 0 Å². The van der Waals surface area contributed by atoms with Crippen molar-refractivity contribution in [1.29, 1.82) is 0 Å². The Hall–Kier alpha value is -3.48. The Morgan fingerprint density at radius 3 is 2.59 bits per heavy atom. The molecular formula is C20H19N3O4. The number of likely N-dealkylation sites (N-methyl/N-ethyl adjacent to an activating group) is 1. The van der Waals surface area contributed by atoms with E-state index in [1.807, 2.05) is 30.3 Å². The molecule has 3 amide bonds. The standard InChI is InChI=1S/C20H19N3O4/c1-22-14-11-23(13-6-4-3-5-7-13)19(25)17(14)18(21-20(22)26)12-8-9-15(24)16(10-12)27-2/h3-10,18,24H,11H2,1-2H3,(H,21,26)/t18-/m0/s1. The summed E-state index contributed by atoms with van der Waals surface area (Å²) in [7, 11) is 3.11. The topological polar surface area (TPSA) is 82.1 Å². The predicted molar refractivity (Wildman–Crippen MR) is 99.5 cm³/mol. The lowest BCUT2D eigenvalue weighted by atomic mass is 9.95. The van der Waals surface area contributed by atoms with Gasteiger partial charge < -0.3 is 20.1 Å². The van der Waals surface area contributed by atoms with E-state index in [-0.39, 0.29) is 23.4 Å². The lowest BCUT2D eigenvalue weighted by Gasteiger charge is -2.31. The Balaban J connectivity index is 1.78. The van der Waals surface area contributed by atoms with E-state index in [9.17, 15) is 14.7 Å². The highest BCUT2D eigenvalue weighted by atomic mass is 16.5. The molecular weight excluding hydrogens is 346 g/mol. The van der Waals surface area contributed by atoms with Crippen LogP contribution in [0, 0.1) is 0 Å². The van der Waals surface area contributed by atoms with Crippen LogP contribution in [-0.4, -0.2) is 42.6 Å². The molecule has 0 aromatic heterocycles. The number of para-hydroxylation sites is 1. The number of amides is 3. The zero-order chi connectivity index (χ0) is 19.1. The molecule has 7 heteroatoms. The summed E-state index contributed by atoms with van der Waals surface area (Å²) in [4.78, 5) is 28.8. The number of urea groups is 1. The minimum absolute atomic E-state index is 0.00151. The number of aromatic hydroxyl groups is 1. The lowest BCUT2D eigenvalue weighted by molar-refractivity contribution is -0.114. The Morgan fingerprint density at radius 1 is 1.15 bits per heavy atom. The van der Waals surface area contributed by atoms with Gasteiger partial charge in [-0.3, -0.25) is 9.69 Å². The average molecular weight is 365 g/mol. The molecule has 7 nitrogen and oxygen atoms in total. The molecule has 2 aromatic carbocycles. The number of anilines is 1. The van der Waals surface area contributed by atoms with Gasteiger partial charge in [0.1, 0.15) is 0 Å². The van der Waals surface area contributed by atoms with Crippen molar-refractivity contribution >= 4 is 17.6 Å². The summed E-state index contributed by atoms with van der Waals surface area (Å²) < 4.78 is 5.17. The van der Waals surface area contributed by atoms with Crippen LogP contribution in [-0.2, 0) is 4.79 Å². The fraction of sp³-hybridized carbons (Fsp3) is 0.200. The van der Waals surface area contributed by atoms with Gasteiger partial charge in [-0.25, -0.2) is 4.79 Å². The van der Waals surface area contributed by atoms with Crippen molar-refractivity contribution in [3.63, 3.8) is 0 Å². The fourth-order valence-corrected chi connectivity index (χ4v) is 3.51. The Morgan fingerprint density at radius 2 is 1.89 bits per heavy atom. The maximum atomic E-state index is 13.2. The summed E-state index contributed by atoms with van der Waals surface area (Å²) in [5, 5.41) is 12.7. The Labute approximate surface area is 156 Å². The minimum Gasteiger partial charge on any atom is -0.504 e. The maximum Gasteiger partial charge on any atom is 0.322 e. The molecule has 0 radical (unpaired) electrons. The van der Waals surface area contributed by atoms with Crippen LogP contribution in [0.3, 0.4) is 0 Å². The highest BCUT2D eigenvalue weighted by Crippen LogP contribution is 2.39. The normalized spacial score (nSPS) is 19.3. The zero-order valence-electron chi connectivity index (χ0n) is 15.0. The van der Waals surface area contributed by atoms with E-state index in [1.165, 1.54) is 18.1 Å². The smallest absolute Gasteiger partial charge is 0.322 e. The average Bonchev–Trinajstić information content (AvgIpc) is 3.03. The number of carbonyl (C=O) groups excluding carboxylic acids is 2. The first-order valence-corrected chi connectivity index (χ1v) is 8.52. The first-order chi connectivity index (χ1) is 13.0. The van der Waals surface area contributed by atoms with Gasteiger partial charge in [-0.05, 0) is 29.8 Å². The number of carbonyl (C=O) groups is 2. The molecule has 2 aliphatic heterocycles. The second-order valence-corrected chi connectivity index (χ2v) is 6.46. The van der Waals surface area contributed by atoms with Crippen molar-refractivity contribution < 1.29 is 19.4 Å². The molecule has 1 atom stereocenters. The second kappa shape index (κ2) is 6.35. The van der Waals surface area contributed by atoms with Gasteiger partial charge in [0.15, 0.2) is 11.5 Å². The Bertz CT molecular complexity index is 955. The first-order valence-electron chi connectivity index (χ1n) is 8.52. The van der Waals surface area contributed by atoms with Crippen molar-refractivity contribution in [3.05, 3.63) is 65.4 Å². The van der Waals surface area contributed by atoms with Crippen molar-refractivity contribution in [1.82, 2.24) is 10.2 Å². The number of benzene rings is 2. The largest absolute Gasteiger partial charge is 0.504 e. The zero-order valence-corrected chi connectivity index (χ0v) is 15.0. The summed E-state index contributed by atoms with van der Waals surface area (Å²) in [6, 6.07) is 13.3. The molecule has 0 bridgehead atoms. The van der Waals surface area contributed by atoms with Gasteiger partial charge in [-0.15, -0.1) is 0 Å². The molecule has 0 saturated carbocycles. The third kappa shape index (κ3) is 2.68. The van der Waals surface area contributed by atoms with E-state index >= 15 is 0 Å². The highest BCUT2D eigenvalue weighted by Gasteiger charge is 2.43. The third-order valence-electron chi connectivity index (χ3n) is 4.97. The maximum absolute atomic E-state index is 13.2. The third-order valence-corrected chi connectivity index (χ3v) is 4.97. The molecule has 2 aromatic rings. The van der Waals surface area contributed by atoms with Crippen molar-refractivity contribution in [2.24, 2.45) is 0 Å². The predicted octanol–water partition coefficient (Wildman–Crippen LogP) is 2.40. The molecule has 0 saturated heterocycles. The quantitative estimate of drug-likeness (QED) is 0.875. The van der Waals surface area contributed by atoms with Crippen LogP contribution < -0.4 is 15.0 Å². The van der Waals surface area contributed by atoms with E-state index in [0.717, 1.165) is 5.69 Å². The first kappa shape index (κ1) is 17.0. The summed E-state index contributed by atoms with van der Waals surface area (Å²) in [5.74, 6) is 0.131. The second-order valence-electron chi connectivity index (χ2n) is 6.46. The molecule has 4 rings (SSSR count). The molecule has 27 heavy (non-hydrogen) atoms. The van der Waals surface area contributed by atoms with E-state index < -0.39 is 6.04 Å². The van der Waals surface area contributed by atoms with Crippen LogP contribution in [0.2, 0.25) is 0 Å². The monoisotopic (exact) mass is 365 g/mol. The van der Waals surface area contributed by atoms with Crippen LogP contribution in [0.5, 0.6) is 11.5 Å². The van der Waals surface area contributed by atoms with Crippen LogP contribution in [0.25, 0.3) is 0 Å². The molecule has 2 heterocycles. The molecule has 2 aliphatic rings. The number of hydrogen-bond acceptors (Lipinski definition) is 4. The summed E-state index contributed by atoms with van der Waals surface area (Å²) in [6.45, 7) is 0.327. The van der Waals surface area contributed by atoms with Gasteiger partial charge in [-0.1, -0.05) is 24.3 Å². The number of hydrogen-bond donors (Lipinski definition) is 2. The summed E-state index contributed by atoms with van der Waals surface area (Å²) in [6.07, 6.45) is 0. The number of phenols is 1. The van der Waals surface area contributed by atoms with E-state index in [1.54, 1.807) is 24.1 Å². The minimum atomic E-state index is -0.612. The van der Waals surface area contributed by atoms with Gasteiger partial charge in [0, 0.05) is 12.7 Å². The van der Waals surface area contributed by atoms with E-state index in [0.29, 0.717) is 23.4 Å². The number of phenolic OH excluding ortho intramolecular Hbond substituents is 1. The number of rotatable bonds is 3. The molecule has 0 spiro atoms. The van der Waals surface area contributed by atoms with Crippen molar-refractivity contribution in [2.45, 2.75) is 6.04 Å². The Kier molecular flexibility index (Phi) is 3.99. The van der Waals surface area contributed by atoms with Gasteiger partial charge in [-0.2, -0.15) is 0 Å². The summed E-state index contributed by atoms with van der Waals surface area (Å²) in [5.41, 5.74) is 2.64. The highest BCUT2D eigenvalue weighted by molar-refractivity contribution is 6.11. The van der Waals surface area contributed by atoms with Crippen molar-refractivity contribution in [2.75, 3.05) is 25.6 Å². The van der Waals surface area contributed by atoms with Gasteiger partial charge in [0.25, 0.3) is 5.91 Å². The van der Waals surface area contributed by atoms with Gasteiger partial charge in [0.05, 0.1) is 31.0 Å². The van der Waals surface area contributed by atoms with Crippen LogP contribution in [0.1, 0.15) is 11.6 Å². The summed E-state index contributed by atoms with van der Waals surface area (Å²) >= 11 is 0. The number of ether oxygens (including phenoxy) is 1. The van der Waals surface area contributed by atoms with Gasteiger partial charge in [0.2, 0.25) is 0 Å². The van der Waals surface area contributed by atoms with Crippen LogP contribution in [0.15, 0.2) is 59.8 Å². The molecule has 0 unspecified atom stereocenters. The molecule has 138 valence electrons. The molecule has 2 N–H and O–H groups in total. The van der Waals surface area contributed by atoms with E-state index in [2.05, 4.69) is 5.32 Å². The fourth-order valence-electron chi connectivity index (χ4n) is 3.51. The van der Waals surface area contributed by atoms with Gasteiger partial charge >= 0.3 is 6.03 Å². The number of nitrogens with zero attached hydrogens (tertiary/aromatic N) is 2. The SMILES string of the molecule is COc1cc([C@@H]2NC(=O)N(C)C3=C2C(=O)N(c2ccccc2)C3)ccc1O. The van der Waals surface area contributed by atoms with Crippen molar-refractivity contribution in [3.8, 4) is 11.5 Å². The number of nitrogens with one attached hydrogen (secondary N) is 1. The number of methoxy groups -OCH3 is 1. The van der Waals surface area contributed by atoms with Crippen LogP contribution in [0.4, 0.5) is 10.5 Å². The molecule has 0 fully saturated rings. The molecule has 0 aliphatic carbocycles. The van der Waals surface area contributed by atoms with E-state index in [4.69, 9.17) is 4.74 Å².